The lowest BCUT2D eigenvalue weighted by Gasteiger charge is -2.29. The summed E-state index contributed by atoms with van der Waals surface area (Å²) in [6, 6.07) is 7.93. The van der Waals surface area contributed by atoms with Crippen LogP contribution in [0, 0.1) is 0 Å². The summed E-state index contributed by atoms with van der Waals surface area (Å²) in [5.41, 5.74) is 1.18. The molecule has 0 bridgehead atoms. The van der Waals surface area contributed by atoms with Crippen molar-refractivity contribution in [2.75, 3.05) is 11.4 Å². The fourth-order valence-corrected chi connectivity index (χ4v) is 3.08. The maximum Gasteiger partial charge on any atom is 0.129 e. The first-order valence-electron chi connectivity index (χ1n) is 7.83. The van der Waals surface area contributed by atoms with Crippen molar-refractivity contribution in [1.82, 2.24) is 10.3 Å². The number of aromatic nitrogens is 1. The number of pyridine rings is 1. The van der Waals surface area contributed by atoms with Crippen molar-refractivity contribution >= 4 is 5.82 Å². The first-order valence-corrected chi connectivity index (χ1v) is 7.83. The Kier molecular flexibility index (Phi) is 4.02. The van der Waals surface area contributed by atoms with E-state index in [9.17, 15) is 0 Å². The topological polar surface area (TPSA) is 28.2 Å². The van der Waals surface area contributed by atoms with Gasteiger partial charge < -0.3 is 10.2 Å². The highest BCUT2D eigenvalue weighted by Crippen LogP contribution is 2.27. The summed E-state index contributed by atoms with van der Waals surface area (Å²) in [4.78, 5) is 7.35. The van der Waals surface area contributed by atoms with E-state index in [0.717, 1.165) is 19.1 Å². The molecule has 3 nitrogen and oxygen atoms in total. The molecule has 0 radical (unpaired) electrons. The zero-order chi connectivity index (χ0) is 13.1. The molecule has 1 aromatic heterocycles. The third-order valence-corrected chi connectivity index (χ3v) is 4.34. The minimum atomic E-state index is 0.712. The van der Waals surface area contributed by atoms with E-state index in [0.29, 0.717) is 6.04 Å². The number of rotatable bonds is 6. The Balaban J connectivity index is 1.68. The molecule has 2 aliphatic rings. The van der Waals surface area contributed by atoms with Crippen LogP contribution < -0.4 is 10.2 Å². The quantitative estimate of drug-likeness (QED) is 0.851. The molecule has 0 aliphatic heterocycles. The van der Waals surface area contributed by atoms with Gasteiger partial charge in [-0.05, 0) is 44.7 Å². The second kappa shape index (κ2) is 5.91. The van der Waals surface area contributed by atoms with E-state index in [1.54, 1.807) is 0 Å². The Bertz CT molecular complexity index is 408. The lowest BCUT2D eigenvalue weighted by atomic mass is 10.2. The number of hydrogen-bond acceptors (Lipinski definition) is 3. The van der Waals surface area contributed by atoms with E-state index in [2.05, 4.69) is 35.3 Å². The van der Waals surface area contributed by atoms with Gasteiger partial charge in [0.15, 0.2) is 0 Å². The van der Waals surface area contributed by atoms with Crippen LogP contribution in [0.15, 0.2) is 18.2 Å². The zero-order valence-corrected chi connectivity index (χ0v) is 11.9. The minimum absolute atomic E-state index is 0.712. The lowest BCUT2D eigenvalue weighted by Crippen LogP contribution is -2.33. The average molecular weight is 259 g/mol. The molecule has 0 atom stereocenters. The van der Waals surface area contributed by atoms with Gasteiger partial charge in [0.2, 0.25) is 0 Å². The Morgan fingerprint density at radius 2 is 2.00 bits per heavy atom. The van der Waals surface area contributed by atoms with Crippen LogP contribution >= 0.6 is 0 Å². The second-order valence-corrected chi connectivity index (χ2v) is 5.87. The Hall–Kier alpha value is -1.09. The van der Waals surface area contributed by atoms with Gasteiger partial charge >= 0.3 is 0 Å². The van der Waals surface area contributed by atoms with Gasteiger partial charge in [-0.2, -0.15) is 0 Å². The summed E-state index contributed by atoms with van der Waals surface area (Å²) < 4.78 is 0. The summed E-state index contributed by atoms with van der Waals surface area (Å²) in [5, 5.41) is 3.55. The third kappa shape index (κ3) is 3.27. The molecule has 1 aromatic rings. The van der Waals surface area contributed by atoms with Crippen molar-refractivity contribution in [2.45, 2.75) is 64.1 Å². The normalized spacial score (nSPS) is 19.8. The highest BCUT2D eigenvalue weighted by molar-refractivity contribution is 5.40. The molecule has 104 valence electrons. The molecule has 1 heterocycles. The highest BCUT2D eigenvalue weighted by Gasteiger charge is 2.23. The molecule has 1 N–H and O–H groups in total. The maximum atomic E-state index is 4.85. The van der Waals surface area contributed by atoms with Crippen LogP contribution in [-0.2, 0) is 6.54 Å². The largest absolute Gasteiger partial charge is 0.354 e. The Labute approximate surface area is 116 Å². The summed E-state index contributed by atoms with van der Waals surface area (Å²) in [7, 11) is 0. The standard InChI is InChI=1S/C16H25N3/c1-2-19(15-7-3-4-8-15)16-9-5-6-14(18-16)12-17-13-10-11-13/h5-6,9,13,15,17H,2-4,7-8,10-12H2,1H3. The van der Waals surface area contributed by atoms with Crippen LogP contribution in [0.1, 0.15) is 51.1 Å². The molecule has 3 heteroatoms. The Morgan fingerprint density at radius 1 is 1.21 bits per heavy atom. The fraction of sp³-hybridized carbons (Fsp3) is 0.688. The van der Waals surface area contributed by atoms with Crippen molar-refractivity contribution in [3.8, 4) is 0 Å². The molecule has 0 amide bonds. The van der Waals surface area contributed by atoms with E-state index >= 15 is 0 Å². The third-order valence-electron chi connectivity index (χ3n) is 4.34. The molecule has 0 spiro atoms. The molecule has 2 saturated carbocycles. The summed E-state index contributed by atoms with van der Waals surface area (Å²) in [6.45, 7) is 4.23. The Morgan fingerprint density at radius 3 is 2.68 bits per heavy atom. The van der Waals surface area contributed by atoms with E-state index in [4.69, 9.17) is 4.98 Å². The smallest absolute Gasteiger partial charge is 0.129 e. The predicted molar refractivity (Wildman–Crippen MR) is 79.4 cm³/mol. The number of nitrogens with zero attached hydrogens (tertiary/aromatic N) is 2. The van der Waals surface area contributed by atoms with Crippen LogP contribution in [0.5, 0.6) is 0 Å². The zero-order valence-electron chi connectivity index (χ0n) is 11.9. The van der Waals surface area contributed by atoms with Crippen molar-refractivity contribution in [3.63, 3.8) is 0 Å². The first kappa shape index (κ1) is 12.9. The lowest BCUT2D eigenvalue weighted by molar-refractivity contribution is 0.608. The first-order chi connectivity index (χ1) is 9.36. The number of nitrogens with one attached hydrogen (secondary N) is 1. The highest BCUT2D eigenvalue weighted by atomic mass is 15.2. The molecular formula is C16H25N3. The molecule has 0 aromatic carbocycles. The van der Waals surface area contributed by atoms with Gasteiger partial charge in [-0.3, -0.25) is 0 Å². The van der Waals surface area contributed by atoms with Gasteiger partial charge in [-0.1, -0.05) is 18.9 Å². The van der Waals surface area contributed by atoms with Crippen LogP contribution in [0.25, 0.3) is 0 Å². The summed E-state index contributed by atoms with van der Waals surface area (Å²) >= 11 is 0. The molecule has 3 rings (SSSR count). The molecule has 19 heavy (non-hydrogen) atoms. The number of anilines is 1. The molecule has 2 aliphatic carbocycles. The SMILES string of the molecule is CCN(c1cccc(CNC2CC2)n1)C1CCCC1. The van der Waals surface area contributed by atoms with Crippen molar-refractivity contribution in [3.05, 3.63) is 23.9 Å². The van der Waals surface area contributed by atoms with Gasteiger partial charge in [-0.25, -0.2) is 4.98 Å². The number of hydrogen-bond donors (Lipinski definition) is 1. The molecule has 0 unspecified atom stereocenters. The predicted octanol–water partition coefficient (Wildman–Crippen LogP) is 3.10. The minimum Gasteiger partial charge on any atom is -0.354 e. The van der Waals surface area contributed by atoms with Crippen LogP contribution in [-0.4, -0.2) is 23.6 Å². The van der Waals surface area contributed by atoms with E-state index in [1.807, 2.05) is 0 Å². The molecule has 2 fully saturated rings. The van der Waals surface area contributed by atoms with Gasteiger partial charge in [0.1, 0.15) is 5.82 Å². The second-order valence-electron chi connectivity index (χ2n) is 5.87. The molecular weight excluding hydrogens is 234 g/mol. The van der Waals surface area contributed by atoms with E-state index in [1.165, 1.54) is 50.0 Å². The summed E-state index contributed by atoms with van der Waals surface area (Å²) in [5.74, 6) is 1.17. The van der Waals surface area contributed by atoms with Crippen LogP contribution in [0.4, 0.5) is 5.82 Å². The van der Waals surface area contributed by atoms with Crippen molar-refractivity contribution < 1.29 is 0 Å². The average Bonchev–Trinajstić information content (AvgIpc) is 3.13. The monoisotopic (exact) mass is 259 g/mol. The molecule has 0 saturated heterocycles. The van der Waals surface area contributed by atoms with Gasteiger partial charge in [0.05, 0.1) is 5.69 Å². The van der Waals surface area contributed by atoms with Gasteiger partial charge in [-0.15, -0.1) is 0 Å². The van der Waals surface area contributed by atoms with Crippen LogP contribution in [0.3, 0.4) is 0 Å². The fourth-order valence-electron chi connectivity index (χ4n) is 3.08. The van der Waals surface area contributed by atoms with Crippen LogP contribution in [0.2, 0.25) is 0 Å². The summed E-state index contributed by atoms with van der Waals surface area (Å²) in [6.07, 6.45) is 8.10. The van der Waals surface area contributed by atoms with Gasteiger partial charge in [0.25, 0.3) is 0 Å². The van der Waals surface area contributed by atoms with E-state index in [-0.39, 0.29) is 0 Å². The van der Waals surface area contributed by atoms with Gasteiger partial charge in [0, 0.05) is 25.2 Å². The van der Waals surface area contributed by atoms with Crippen molar-refractivity contribution in [1.29, 1.82) is 0 Å². The maximum absolute atomic E-state index is 4.85. The van der Waals surface area contributed by atoms with E-state index < -0.39 is 0 Å². The van der Waals surface area contributed by atoms with Crippen molar-refractivity contribution in [2.24, 2.45) is 0 Å².